The van der Waals surface area contributed by atoms with Gasteiger partial charge in [-0.3, -0.25) is 4.68 Å². The monoisotopic (exact) mass is 333 g/mol. The average Bonchev–Trinajstić information content (AvgIpc) is 3.14. The maximum atomic E-state index is 6.36. The zero-order valence-electron chi connectivity index (χ0n) is 13.3. The van der Waals surface area contributed by atoms with Crippen LogP contribution < -0.4 is 15.5 Å². The highest BCUT2D eigenvalue weighted by Gasteiger charge is 2.46. The number of hydrogen-bond donors (Lipinski definition) is 2. The fraction of sp³-hybridized carbons (Fsp3) is 0.533. The molecule has 2 aromatic rings. The molecule has 0 spiro atoms. The molecule has 2 atom stereocenters. The van der Waals surface area contributed by atoms with Gasteiger partial charge in [-0.2, -0.15) is 10.1 Å². The van der Waals surface area contributed by atoms with Gasteiger partial charge in [0.25, 0.3) is 0 Å². The van der Waals surface area contributed by atoms with Gasteiger partial charge in [0.05, 0.1) is 18.1 Å². The van der Waals surface area contributed by atoms with Gasteiger partial charge in [0.1, 0.15) is 5.02 Å². The van der Waals surface area contributed by atoms with Crippen molar-refractivity contribution in [3.63, 3.8) is 0 Å². The molecule has 2 aromatic heterocycles. The van der Waals surface area contributed by atoms with Crippen LogP contribution in [0.1, 0.15) is 6.92 Å². The molecule has 23 heavy (non-hydrogen) atoms. The lowest BCUT2D eigenvalue weighted by Gasteiger charge is -2.23. The van der Waals surface area contributed by atoms with Crippen molar-refractivity contribution in [2.45, 2.75) is 6.92 Å². The number of fused-ring (bicyclic) bond motifs is 1. The molecule has 2 saturated heterocycles. The van der Waals surface area contributed by atoms with E-state index in [1.165, 1.54) is 0 Å². The molecule has 2 aliphatic rings. The van der Waals surface area contributed by atoms with Crippen molar-refractivity contribution in [1.29, 1.82) is 0 Å². The summed E-state index contributed by atoms with van der Waals surface area (Å²) in [6, 6.07) is 0. The first kappa shape index (κ1) is 14.7. The third-order valence-electron chi connectivity index (χ3n) is 4.88. The molecule has 8 heteroatoms. The van der Waals surface area contributed by atoms with Gasteiger partial charge in [0, 0.05) is 44.8 Å². The van der Waals surface area contributed by atoms with Crippen molar-refractivity contribution >= 4 is 29.1 Å². The predicted octanol–water partition coefficient (Wildman–Crippen LogP) is 1.65. The number of nitrogens with zero attached hydrogens (tertiary/aromatic N) is 5. The van der Waals surface area contributed by atoms with Crippen molar-refractivity contribution in [3.05, 3.63) is 23.6 Å². The standard InChI is InChI=1S/C15H20ClN7/c1-15-8-17-3-10(15)6-23(9-15)13-12(16)5-18-14(21-13)20-11-4-19-22(2)7-11/h4-5,7,10,17H,3,6,8-9H2,1-2H3,(H,18,20,21)/t10-,15-/m1/s1. The van der Waals surface area contributed by atoms with E-state index in [-0.39, 0.29) is 0 Å². The van der Waals surface area contributed by atoms with Crippen LogP contribution in [0, 0.1) is 11.3 Å². The van der Waals surface area contributed by atoms with Crippen LogP contribution >= 0.6 is 11.6 Å². The van der Waals surface area contributed by atoms with Crippen LogP contribution in [0.3, 0.4) is 0 Å². The summed E-state index contributed by atoms with van der Waals surface area (Å²) < 4.78 is 1.73. The summed E-state index contributed by atoms with van der Waals surface area (Å²) in [5.74, 6) is 1.99. The van der Waals surface area contributed by atoms with Gasteiger partial charge in [-0.25, -0.2) is 4.98 Å². The third kappa shape index (κ3) is 2.64. The molecule has 0 amide bonds. The minimum atomic E-state index is 0.297. The molecule has 2 fully saturated rings. The second kappa shape index (κ2) is 5.35. The minimum Gasteiger partial charge on any atom is -0.354 e. The van der Waals surface area contributed by atoms with Crippen molar-refractivity contribution in [3.8, 4) is 0 Å². The van der Waals surface area contributed by atoms with Crippen LogP contribution in [0.25, 0.3) is 0 Å². The molecule has 4 rings (SSSR count). The Morgan fingerprint density at radius 3 is 3.04 bits per heavy atom. The van der Waals surface area contributed by atoms with E-state index < -0.39 is 0 Å². The van der Waals surface area contributed by atoms with Crippen LogP contribution in [-0.4, -0.2) is 45.9 Å². The highest BCUT2D eigenvalue weighted by Crippen LogP contribution is 2.41. The Morgan fingerprint density at radius 1 is 1.43 bits per heavy atom. The van der Waals surface area contributed by atoms with E-state index in [4.69, 9.17) is 11.6 Å². The average molecular weight is 334 g/mol. The molecular weight excluding hydrogens is 314 g/mol. The van der Waals surface area contributed by atoms with Gasteiger partial charge in [-0.1, -0.05) is 18.5 Å². The molecular formula is C15H20ClN7. The smallest absolute Gasteiger partial charge is 0.229 e. The van der Waals surface area contributed by atoms with E-state index in [9.17, 15) is 0 Å². The van der Waals surface area contributed by atoms with Crippen LogP contribution in [0.4, 0.5) is 17.5 Å². The molecule has 0 radical (unpaired) electrons. The fourth-order valence-corrected chi connectivity index (χ4v) is 3.79. The van der Waals surface area contributed by atoms with Gasteiger partial charge in [-0.15, -0.1) is 0 Å². The summed E-state index contributed by atoms with van der Waals surface area (Å²) in [4.78, 5) is 11.2. The molecule has 0 bridgehead atoms. The lowest BCUT2D eigenvalue weighted by Crippen LogP contribution is -2.30. The number of rotatable bonds is 3. The molecule has 7 nitrogen and oxygen atoms in total. The SMILES string of the molecule is Cn1cc(Nc2ncc(Cl)c(N3C[C@H]4CNC[C@]4(C)C3)n2)cn1. The number of halogens is 1. The first-order valence-electron chi connectivity index (χ1n) is 7.77. The van der Waals surface area contributed by atoms with E-state index in [0.29, 0.717) is 22.3 Å². The van der Waals surface area contributed by atoms with E-state index in [2.05, 4.69) is 37.5 Å². The lowest BCUT2D eigenvalue weighted by atomic mass is 9.83. The molecule has 0 saturated carbocycles. The minimum absolute atomic E-state index is 0.297. The summed E-state index contributed by atoms with van der Waals surface area (Å²) in [6.45, 7) is 6.40. The summed E-state index contributed by atoms with van der Waals surface area (Å²) >= 11 is 6.36. The maximum Gasteiger partial charge on any atom is 0.229 e. The maximum absolute atomic E-state index is 6.36. The molecule has 4 heterocycles. The molecule has 0 aliphatic carbocycles. The van der Waals surface area contributed by atoms with Crippen molar-refractivity contribution in [2.75, 3.05) is 36.4 Å². The van der Waals surface area contributed by atoms with Gasteiger partial charge in [0.2, 0.25) is 5.95 Å². The van der Waals surface area contributed by atoms with Gasteiger partial charge >= 0.3 is 0 Å². The Hall–Kier alpha value is -1.86. The van der Waals surface area contributed by atoms with Gasteiger partial charge in [-0.05, 0) is 5.92 Å². The van der Waals surface area contributed by atoms with Crippen LogP contribution in [0.2, 0.25) is 5.02 Å². The summed E-state index contributed by atoms with van der Waals surface area (Å²) in [5.41, 5.74) is 1.15. The van der Waals surface area contributed by atoms with Crippen molar-refractivity contribution in [1.82, 2.24) is 25.1 Å². The predicted molar refractivity (Wildman–Crippen MR) is 90.2 cm³/mol. The number of aryl methyl sites for hydroxylation is 1. The first-order valence-corrected chi connectivity index (χ1v) is 8.15. The Bertz CT molecular complexity index is 730. The molecule has 122 valence electrons. The van der Waals surface area contributed by atoms with E-state index in [0.717, 1.165) is 37.7 Å². The fourth-order valence-electron chi connectivity index (χ4n) is 3.58. The van der Waals surface area contributed by atoms with Crippen LogP contribution in [0.15, 0.2) is 18.6 Å². The zero-order chi connectivity index (χ0) is 16.0. The molecule has 2 aliphatic heterocycles. The lowest BCUT2D eigenvalue weighted by molar-refractivity contribution is 0.338. The Morgan fingerprint density at radius 2 is 2.30 bits per heavy atom. The summed E-state index contributed by atoms with van der Waals surface area (Å²) in [7, 11) is 1.87. The van der Waals surface area contributed by atoms with E-state index in [1.807, 2.05) is 13.2 Å². The van der Waals surface area contributed by atoms with Crippen molar-refractivity contribution in [2.24, 2.45) is 18.4 Å². The molecule has 0 aromatic carbocycles. The van der Waals surface area contributed by atoms with Crippen LogP contribution in [0.5, 0.6) is 0 Å². The highest BCUT2D eigenvalue weighted by molar-refractivity contribution is 6.32. The van der Waals surface area contributed by atoms with Crippen LogP contribution in [-0.2, 0) is 7.05 Å². The normalized spacial score (nSPS) is 26.6. The first-order chi connectivity index (χ1) is 11.0. The van der Waals surface area contributed by atoms with E-state index in [1.54, 1.807) is 17.1 Å². The van der Waals surface area contributed by atoms with E-state index >= 15 is 0 Å². The topological polar surface area (TPSA) is 70.9 Å². The number of aromatic nitrogens is 4. The zero-order valence-corrected chi connectivity index (χ0v) is 14.0. The number of nitrogens with one attached hydrogen (secondary N) is 2. The number of anilines is 3. The molecule has 0 unspecified atom stereocenters. The van der Waals surface area contributed by atoms with Gasteiger partial charge < -0.3 is 15.5 Å². The second-order valence-electron chi connectivity index (χ2n) is 6.76. The summed E-state index contributed by atoms with van der Waals surface area (Å²) in [6.07, 6.45) is 5.28. The number of hydrogen-bond acceptors (Lipinski definition) is 6. The quantitative estimate of drug-likeness (QED) is 0.890. The summed E-state index contributed by atoms with van der Waals surface area (Å²) in [5, 5.41) is 11.4. The Kier molecular flexibility index (Phi) is 3.42. The Labute approximate surface area is 140 Å². The third-order valence-corrected chi connectivity index (χ3v) is 5.15. The Balaban J connectivity index is 1.58. The van der Waals surface area contributed by atoms with Gasteiger partial charge in [0.15, 0.2) is 5.82 Å². The van der Waals surface area contributed by atoms with Crippen molar-refractivity contribution < 1.29 is 0 Å². The second-order valence-corrected chi connectivity index (χ2v) is 7.16. The largest absolute Gasteiger partial charge is 0.354 e. The highest BCUT2D eigenvalue weighted by atomic mass is 35.5. The molecule has 2 N–H and O–H groups in total.